The number of rotatable bonds is 6. The van der Waals surface area contributed by atoms with E-state index in [2.05, 4.69) is 24.4 Å². The lowest BCUT2D eigenvalue weighted by atomic mass is 10.0. The molecule has 2 amide bonds. The summed E-state index contributed by atoms with van der Waals surface area (Å²) in [6.07, 6.45) is 2.02. The Labute approximate surface area is 166 Å². The maximum Gasteiger partial charge on any atom is 0.410 e. The van der Waals surface area contributed by atoms with Crippen LogP contribution in [0.5, 0.6) is 0 Å². The Kier molecular flexibility index (Phi) is 6.69. The van der Waals surface area contributed by atoms with Crippen LogP contribution in [0, 0.1) is 0 Å². The van der Waals surface area contributed by atoms with Crippen LogP contribution in [0.15, 0.2) is 54.6 Å². The van der Waals surface area contributed by atoms with Crippen molar-refractivity contribution in [1.29, 1.82) is 0 Å². The minimum atomic E-state index is -0.472. The highest BCUT2D eigenvalue weighted by Gasteiger charge is 2.35. The Bertz CT molecular complexity index is 789. The summed E-state index contributed by atoms with van der Waals surface area (Å²) in [5.41, 5.74) is 3.26. The number of ether oxygens (including phenoxy) is 1. The molecule has 2 aromatic rings. The molecule has 0 radical (unpaired) electrons. The van der Waals surface area contributed by atoms with Crippen molar-refractivity contribution in [3.05, 3.63) is 71.3 Å². The molecule has 3 rings (SSSR count). The van der Waals surface area contributed by atoms with Gasteiger partial charge in [-0.1, -0.05) is 61.5 Å². The zero-order chi connectivity index (χ0) is 19.9. The van der Waals surface area contributed by atoms with Gasteiger partial charge in [0.05, 0.1) is 6.04 Å². The third kappa shape index (κ3) is 4.91. The van der Waals surface area contributed by atoms with Gasteiger partial charge in [0.2, 0.25) is 5.91 Å². The molecule has 1 heterocycles. The zero-order valence-corrected chi connectivity index (χ0v) is 16.6. The third-order valence-electron chi connectivity index (χ3n) is 5.24. The SMILES string of the molecule is CCc1ccc(C(C)NC(=O)C2CCCN2C(=O)OCc2ccccc2)cc1. The molecule has 1 aliphatic rings. The highest BCUT2D eigenvalue weighted by Crippen LogP contribution is 2.21. The molecular weight excluding hydrogens is 352 g/mol. The number of nitrogens with zero attached hydrogens (tertiary/aromatic N) is 1. The molecular formula is C23H28N2O3. The van der Waals surface area contributed by atoms with Crippen LogP contribution in [0.4, 0.5) is 4.79 Å². The molecule has 0 aromatic heterocycles. The fourth-order valence-electron chi connectivity index (χ4n) is 3.49. The molecule has 5 nitrogen and oxygen atoms in total. The van der Waals surface area contributed by atoms with E-state index >= 15 is 0 Å². The standard InChI is InChI=1S/C23H28N2O3/c1-3-18-11-13-20(14-12-18)17(2)24-22(26)21-10-7-15-25(21)23(27)28-16-19-8-5-4-6-9-19/h4-6,8-9,11-14,17,21H,3,7,10,15-16H2,1-2H3,(H,24,26). The summed E-state index contributed by atoms with van der Waals surface area (Å²) in [5.74, 6) is -0.124. The predicted octanol–water partition coefficient (Wildman–Crippen LogP) is 4.23. The normalized spacial score (nSPS) is 17.2. The van der Waals surface area contributed by atoms with Gasteiger partial charge in [0.1, 0.15) is 12.6 Å². The summed E-state index contributed by atoms with van der Waals surface area (Å²) in [7, 11) is 0. The molecule has 1 saturated heterocycles. The fraction of sp³-hybridized carbons (Fsp3) is 0.391. The first-order chi connectivity index (χ1) is 13.6. The van der Waals surface area contributed by atoms with Gasteiger partial charge in [-0.2, -0.15) is 0 Å². The van der Waals surface area contributed by atoms with Crippen LogP contribution in [-0.2, 0) is 22.6 Å². The van der Waals surface area contributed by atoms with Gasteiger partial charge >= 0.3 is 6.09 Å². The number of carbonyl (C=O) groups is 2. The summed E-state index contributed by atoms with van der Waals surface area (Å²) < 4.78 is 5.41. The maximum atomic E-state index is 12.8. The average molecular weight is 380 g/mol. The number of benzene rings is 2. The van der Waals surface area contributed by atoms with Gasteiger partial charge in [-0.25, -0.2) is 4.79 Å². The fourth-order valence-corrected chi connectivity index (χ4v) is 3.49. The lowest BCUT2D eigenvalue weighted by Gasteiger charge is -2.25. The van der Waals surface area contributed by atoms with Crippen LogP contribution in [0.3, 0.4) is 0 Å². The Hall–Kier alpha value is -2.82. The van der Waals surface area contributed by atoms with Gasteiger partial charge < -0.3 is 10.1 Å². The van der Waals surface area contributed by atoms with E-state index in [4.69, 9.17) is 4.74 Å². The first-order valence-corrected chi connectivity index (χ1v) is 9.95. The third-order valence-corrected chi connectivity index (χ3v) is 5.24. The Morgan fingerprint density at radius 2 is 1.82 bits per heavy atom. The van der Waals surface area contributed by atoms with E-state index < -0.39 is 12.1 Å². The van der Waals surface area contributed by atoms with Gasteiger partial charge in [-0.15, -0.1) is 0 Å². The molecule has 5 heteroatoms. The maximum absolute atomic E-state index is 12.8. The van der Waals surface area contributed by atoms with E-state index in [9.17, 15) is 9.59 Å². The summed E-state index contributed by atoms with van der Waals surface area (Å²) in [6, 6.07) is 17.2. The van der Waals surface area contributed by atoms with Gasteiger partial charge in [-0.3, -0.25) is 9.69 Å². The van der Waals surface area contributed by atoms with Crippen molar-refractivity contribution >= 4 is 12.0 Å². The van der Waals surface area contributed by atoms with E-state index in [0.717, 1.165) is 24.0 Å². The molecule has 0 aliphatic carbocycles. The average Bonchev–Trinajstić information content (AvgIpc) is 3.23. The van der Waals surface area contributed by atoms with Crippen molar-refractivity contribution in [2.45, 2.75) is 51.8 Å². The van der Waals surface area contributed by atoms with E-state index in [0.29, 0.717) is 13.0 Å². The molecule has 0 bridgehead atoms. The predicted molar refractivity (Wildman–Crippen MR) is 109 cm³/mol. The molecule has 1 N–H and O–H groups in total. The first kappa shape index (κ1) is 19.9. The van der Waals surface area contributed by atoms with Crippen LogP contribution in [0.1, 0.15) is 49.4 Å². The summed E-state index contributed by atoms with van der Waals surface area (Å²) in [5, 5.41) is 3.05. The van der Waals surface area contributed by atoms with Crippen LogP contribution in [-0.4, -0.2) is 29.5 Å². The van der Waals surface area contributed by atoms with Crippen molar-refractivity contribution in [3.63, 3.8) is 0 Å². The molecule has 1 aliphatic heterocycles. The molecule has 28 heavy (non-hydrogen) atoms. The van der Waals surface area contributed by atoms with E-state index in [1.807, 2.05) is 49.4 Å². The van der Waals surface area contributed by atoms with Crippen molar-refractivity contribution in [2.24, 2.45) is 0 Å². The van der Waals surface area contributed by atoms with Gasteiger partial charge in [0, 0.05) is 6.54 Å². The summed E-state index contributed by atoms with van der Waals surface area (Å²) in [4.78, 5) is 26.8. The van der Waals surface area contributed by atoms with Crippen molar-refractivity contribution in [2.75, 3.05) is 6.54 Å². The molecule has 0 spiro atoms. The number of hydrogen-bond donors (Lipinski definition) is 1. The second kappa shape index (κ2) is 9.40. The Morgan fingerprint density at radius 3 is 2.50 bits per heavy atom. The topological polar surface area (TPSA) is 58.6 Å². The molecule has 2 unspecified atom stereocenters. The lowest BCUT2D eigenvalue weighted by molar-refractivity contribution is -0.125. The lowest BCUT2D eigenvalue weighted by Crippen LogP contribution is -2.46. The van der Waals surface area contributed by atoms with E-state index in [-0.39, 0.29) is 18.6 Å². The number of carbonyl (C=O) groups excluding carboxylic acids is 2. The molecule has 1 fully saturated rings. The number of nitrogens with one attached hydrogen (secondary N) is 1. The summed E-state index contributed by atoms with van der Waals surface area (Å²) in [6.45, 7) is 4.84. The smallest absolute Gasteiger partial charge is 0.410 e. The molecule has 0 saturated carbocycles. The zero-order valence-electron chi connectivity index (χ0n) is 16.6. The molecule has 2 atom stereocenters. The Morgan fingerprint density at radius 1 is 1.11 bits per heavy atom. The van der Waals surface area contributed by atoms with Crippen LogP contribution < -0.4 is 5.32 Å². The van der Waals surface area contributed by atoms with Crippen LogP contribution in [0.2, 0.25) is 0 Å². The molecule has 2 aromatic carbocycles. The number of aryl methyl sites for hydroxylation is 1. The number of amides is 2. The van der Waals surface area contributed by atoms with E-state index in [1.54, 1.807) is 4.90 Å². The quantitative estimate of drug-likeness (QED) is 0.816. The second-order valence-electron chi connectivity index (χ2n) is 7.22. The van der Waals surface area contributed by atoms with Crippen molar-refractivity contribution in [3.8, 4) is 0 Å². The second-order valence-corrected chi connectivity index (χ2v) is 7.22. The minimum Gasteiger partial charge on any atom is -0.445 e. The highest BCUT2D eigenvalue weighted by molar-refractivity contribution is 5.86. The first-order valence-electron chi connectivity index (χ1n) is 9.95. The van der Waals surface area contributed by atoms with Gasteiger partial charge in [0.15, 0.2) is 0 Å². The minimum absolute atomic E-state index is 0.110. The largest absolute Gasteiger partial charge is 0.445 e. The van der Waals surface area contributed by atoms with Gasteiger partial charge in [0.25, 0.3) is 0 Å². The number of likely N-dealkylation sites (tertiary alicyclic amines) is 1. The summed E-state index contributed by atoms with van der Waals surface area (Å²) >= 11 is 0. The van der Waals surface area contributed by atoms with Crippen molar-refractivity contribution in [1.82, 2.24) is 10.2 Å². The highest BCUT2D eigenvalue weighted by atomic mass is 16.6. The van der Waals surface area contributed by atoms with Gasteiger partial charge in [-0.05, 0) is 42.9 Å². The van der Waals surface area contributed by atoms with Crippen LogP contribution in [0.25, 0.3) is 0 Å². The monoisotopic (exact) mass is 380 g/mol. The number of hydrogen-bond acceptors (Lipinski definition) is 3. The molecule has 148 valence electrons. The van der Waals surface area contributed by atoms with E-state index in [1.165, 1.54) is 5.56 Å². The van der Waals surface area contributed by atoms with Crippen LogP contribution >= 0.6 is 0 Å². The Balaban J connectivity index is 1.56. The van der Waals surface area contributed by atoms with Crippen molar-refractivity contribution < 1.29 is 14.3 Å².